The highest BCUT2D eigenvalue weighted by Crippen LogP contribution is 2.46. The van der Waals surface area contributed by atoms with E-state index in [9.17, 15) is 10.1 Å². The van der Waals surface area contributed by atoms with Crippen LogP contribution in [0.3, 0.4) is 0 Å². The van der Waals surface area contributed by atoms with Crippen molar-refractivity contribution >= 4 is 5.97 Å². The number of fused-ring (bicyclic) bond motifs is 4. The summed E-state index contributed by atoms with van der Waals surface area (Å²) in [7, 11) is 1.48. The molecule has 3 heterocycles. The first-order valence-electron chi connectivity index (χ1n) is 11.9. The SMILES string of the molecule is COC(=O)C1CCC(C2CC3C4CC5OCOC5CC4CC[NH+]3C(N)C2C#N)CC1. The molecule has 0 radical (unpaired) electrons. The summed E-state index contributed by atoms with van der Waals surface area (Å²) in [4.78, 5) is 13.4. The van der Waals surface area contributed by atoms with Gasteiger partial charge >= 0.3 is 5.97 Å². The zero-order valence-corrected chi connectivity index (χ0v) is 18.0. The molecule has 5 fully saturated rings. The number of ether oxygens (including phenoxy) is 3. The number of methoxy groups -OCH3 is 1. The summed E-state index contributed by atoms with van der Waals surface area (Å²) in [5.41, 5.74) is 6.78. The number of nitriles is 1. The Kier molecular flexibility index (Phi) is 5.78. The van der Waals surface area contributed by atoms with Crippen LogP contribution in [0.15, 0.2) is 0 Å². The molecule has 2 saturated carbocycles. The Morgan fingerprint density at radius 2 is 1.77 bits per heavy atom. The summed E-state index contributed by atoms with van der Waals surface area (Å²) < 4.78 is 16.7. The molecule has 9 atom stereocenters. The minimum absolute atomic E-state index is 0.0278. The lowest BCUT2D eigenvalue weighted by atomic mass is 9.61. The minimum Gasteiger partial charge on any atom is -0.469 e. The van der Waals surface area contributed by atoms with Crippen LogP contribution in [0.4, 0.5) is 0 Å². The third-order valence-corrected chi connectivity index (χ3v) is 9.28. The molecule has 0 spiro atoms. The number of rotatable bonds is 2. The van der Waals surface area contributed by atoms with Crippen molar-refractivity contribution < 1.29 is 23.9 Å². The molecule has 5 rings (SSSR count). The minimum atomic E-state index is -0.100. The molecule has 0 amide bonds. The van der Waals surface area contributed by atoms with Gasteiger partial charge in [-0.15, -0.1) is 0 Å². The number of carbonyl (C=O) groups excluding carboxylic acids is 1. The summed E-state index contributed by atoms with van der Waals surface area (Å²) in [5, 5.41) is 10.0. The van der Waals surface area contributed by atoms with Gasteiger partial charge in [-0.2, -0.15) is 5.26 Å². The fraction of sp³-hybridized carbons (Fsp3) is 0.913. The number of hydrogen-bond donors (Lipinski definition) is 2. The highest BCUT2D eigenvalue weighted by molar-refractivity contribution is 5.72. The van der Waals surface area contributed by atoms with E-state index in [0.29, 0.717) is 36.5 Å². The van der Waals surface area contributed by atoms with E-state index >= 15 is 0 Å². The maximum atomic E-state index is 11.9. The molecular weight excluding hydrogens is 382 g/mol. The van der Waals surface area contributed by atoms with E-state index < -0.39 is 0 Å². The van der Waals surface area contributed by atoms with Gasteiger partial charge in [0.05, 0.1) is 43.9 Å². The summed E-state index contributed by atoms with van der Waals surface area (Å²) in [5.74, 6) is 2.02. The van der Waals surface area contributed by atoms with E-state index in [0.717, 1.165) is 51.5 Å². The Morgan fingerprint density at radius 3 is 2.47 bits per heavy atom. The highest BCUT2D eigenvalue weighted by Gasteiger charge is 2.56. The molecule has 3 saturated heterocycles. The van der Waals surface area contributed by atoms with Gasteiger partial charge in [0.15, 0.2) is 6.17 Å². The topological polar surface area (TPSA) is 99.0 Å². The zero-order valence-electron chi connectivity index (χ0n) is 18.0. The second kappa shape index (κ2) is 8.38. The van der Waals surface area contributed by atoms with Gasteiger partial charge < -0.3 is 19.1 Å². The molecule has 7 heteroatoms. The predicted octanol–water partition coefficient (Wildman–Crippen LogP) is 0.835. The van der Waals surface area contributed by atoms with E-state index in [1.165, 1.54) is 18.4 Å². The zero-order chi connectivity index (χ0) is 20.8. The first-order valence-corrected chi connectivity index (χ1v) is 11.9. The van der Waals surface area contributed by atoms with E-state index in [-0.39, 0.29) is 36.2 Å². The van der Waals surface area contributed by atoms with Gasteiger partial charge in [0.1, 0.15) is 12.7 Å². The van der Waals surface area contributed by atoms with Gasteiger partial charge in [0, 0.05) is 12.3 Å². The average molecular weight is 419 g/mol. The molecule has 5 aliphatic rings. The third-order valence-electron chi connectivity index (χ3n) is 9.28. The average Bonchev–Trinajstić information content (AvgIpc) is 3.24. The van der Waals surface area contributed by atoms with Crippen LogP contribution in [0.1, 0.15) is 51.4 Å². The Bertz CT molecular complexity index is 688. The Hall–Kier alpha value is -1.20. The van der Waals surface area contributed by atoms with Crippen molar-refractivity contribution in [1.82, 2.24) is 0 Å². The number of nitrogens with one attached hydrogen (secondary N) is 1. The number of esters is 1. The predicted molar refractivity (Wildman–Crippen MR) is 108 cm³/mol. The molecule has 7 nitrogen and oxygen atoms in total. The van der Waals surface area contributed by atoms with Crippen molar-refractivity contribution in [2.45, 2.75) is 75.8 Å². The van der Waals surface area contributed by atoms with Gasteiger partial charge in [0.2, 0.25) is 0 Å². The number of carbonyl (C=O) groups is 1. The van der Waals surface area contributed by atoms with Crippen molar-refractivity contribution in [1.29, 1.82) is 5.26 Å². The molecule has 30 heavy (non-hydrogen) atoms. The van der Waals surface area contributed by atoms with Crippen molar-refractivity contribution in [2.75, 3.05) is 20.4 Å². The van der Waals surface area contributed by atoms with Gasteiger partial charge in [-0.25, -0.2) is 0 Å². The fourth-order valence-corrected chi connectivity index (χ4v) is 7.73. The molecule has 166 valence electrons. The smallest absolute Gasteiger partial charge is 0.308 e. The molecule has 3 N–H and O–H groups in total. The third kappa shape index (κ3) is 3.46. The highest BCUT2D eigenvalue weighted by atomic mass is 16.7. The van der Waals surface area contributed by atoms with Crippen LogP contribution in [-0.2, 0) is 19.0 Å². The summed E-state index contributed by atoms with van der Waals surface area (Å²) in [6, 6.07) is 3.13. The van der Waals surface area contributed by atoms with Crippen LogP contribution >= 0.6 is 0 Å². The second-order valence-corrected chi connectivity index (χ2v) is 10.4. The normalized spacial score (nSPS) is 50.5. The number of quaternary nitrogens is 1. The first kappa shape index (κ1) is 20.7. The van der Waals surface area contributed by atoms with Crippen molar-refractivity contribution in [3.63, 3.8) is 0 Å². The molecule has 0 aromatic carbocycles. The van der Waals surface area contributed by atoms with Crippen LogP contribution < -0.4 is 10.6 Å². The largest absolute Gasteiger partial charge is 0.469 e. The van der Waals surface area contributed by atoms with Crippen LogP contribution in [0.2, 0.25) is 0 Å². The van der Waals surface area contributed by atoms with E-state index in [1.54, 1.807) is 0 Å². The lowest BCUT2D eigenvalue weighted by Gasteiger charge is -2.54. The molecule has 0 bridgehead atoms. The van der Waals surface area contributed by atoms with Crippen molar-refractivity contribution in [2.24, 2.45) is 41.2 Å². The van der Waals surface area contributed by atoms with Gasteiger partial charge in [-0.05, 0) is 62.7 Å². The van der Waals surface area contributed by atoms with E-state index in [1.807, 2.05) is 0 Å². The standard InChI is InChI=1S/C23H35N3O4/c1-28-23(27)14-4-2-13(3-5-14)16-9-19-17-10-21-20(29-12-30-21)8-15(17)6-7-26(19)22(25)18(16)11-24/h13-22H,2-10,12,25H2,1H3/p+1. The maximum absolute atomic E-state index is 11.9. The van der Waals surface area contributed by atoms with Crippen LogP contribution in [0.5, 0.6) is 0 Å². The summed E-state index contributed by atoms with van der Waals surface area (Å²) in [6.45, 7) is 1.52. The molecule has 2 aliphatic carbocycles. The van der Waals surface area contributed by atoms with Crippen LogP contribution in [0, 0.1) is 46.8 Å². The van der Waals surface area contributed by atoms with Crippen molar-refractivity contribution in [3.8, 4) is 6.07 Å². The lowest BCUT2D eigenvalue weighted by Crippen LogP contribution is -3.24. The van der Waals surface area contributed by atoms with E-state index in [2.05, 4.69) is 6.07 Å². The fourth-order valence-electron chi connectivity index (χ4n) is 7.73. The molecule has 0 aromatic rings. The Balaban J connectivity index is 1.32. The number of hydrogen-bond acceptors (Lipinski definition) is 6. The Labute approximate surface area is 179 Å². The van der Waals surface area contributed by atoms with Gasteiger partial charge in [0.25, 0.3) is 0 Å². The number of nitrogens with zero attached hydrogens (tertiary/aromatic N) is 1. The van der Waals surface area contributed by atoms with Gasteiger partial charge in [-0.3, -0.25) is 10.5 Å². The number of nitrogens with two attached hydrogens (primary N) is 1. The second-order valence-electron chi connectivity index (χ2n) is 10.4. The molecular formula is C23H36N3O4+. The van der Waals surface area contributed by atoms with Crippen LogP contribution in [-0.4, -0.2) is 50.8 Å². The monoisotopic (exact) mass is 418 g/mol. The maximum Gasteiger partial charge on any atom is 0.308 e. The van der Waals surface area contributed by atoms with Crippen molar-refractivity contribution in [3.05, 3.63) is 0 Å². The lowest BCUT2D eigenvalue weighted by molar-refractivity contribution is -0.970. The Morgan fingerprint density at radius 1 is 1.03 bits per heavy atom. The van der Waals surface area contributed by atoms with E-state index in [4.69, 9.17) is 19.9 Å². The quantitative estimate of drug-likeness (QED) is 0.645. The van der Waals surface area contributed by atoms with Gasteiger partial charge in [-0.1, -0.05) is 0 Å². The molecule has 0 aromatic heterocycles. The first-order chi connectivity index (χ1) is 14.6. The summed E-state index contributed by atoms with van der Waals surface area (Å²) >= 11 is 0. The number of piperidine rings is 2. The molecule has 9 unspecified atom stereocenters. The molecule has 3 aliphatic heterocycles. The van der Waals surface area contributed by atoms with Crippen LogP contribution in [0.25, 0.3) is 0 Å². The summed E-state index contributed by atoms with van der Waals surface area (Å²) in [6.07, 6.45) is 8.66.